The van der Waals surface area contributed by atoms with Crippen LogP contribution in [-0.2, 0) is 4.74 Å². The molecule has 2 aromatic rings. The van der Waals surface area contributed by atoms with E-state index >= 15 is 0 Å². The van der Waals surface area contributed by atoms with Crippen LogP contribution in [0.15, 0.2) is 60.7 Å². The molecule has 1 aliphatic carbocycles. The van der Waals surface area contributed by atoms with Crippen molar-refractivity contribution in [2.24, 2.45) is 5.92 Å². The number of anilines is 1. The highest BCUT2D eigenvalue weighted by molar-refractivity contribution is 5.94. The second-order valence-corrected chi connectivity index (χ2v) is 6.93. The van der Waals surface area contributed by atoms with Gasteiger partial charge in [-0.3, -0.25) is 4.79 Å². The molecule has 0 radical (unpaired) electrons. The van der Waals surface area contributed by atoms with E-state index < -0.39 is 0 Å². The van der Waals surface area contributed by atoms with Crippen molar-refractivity contribution < 1.29 is 9.53 Å². The second-order valence-electron chi connectivity index (χ2n) is 6.93. The highest BCUT2D eigenvalue weighted by Gasteiger charge is 2.37. The van der Waals surface area contributed by atoms with Gasteiger partial charge in [0.15, 0.2) is 0 Å². The number of nitrogens with one attached hydrogen (secondary N) is 2. The number of hydrogen-bond donors (Lipinski definition) is 2. The van der Waals surface area contributed by atoms with Gasteiger partial charge in [0.1, 0.15) is 0 Å². The van der Waals surface area contributed by atoms with E-state index in [1.165, 1.54) is 16.8 Å². The average Bonchev–Trinajstić information content (AvgIpc) is 3.18. The minimum Gasteiger partial charge on any atom is -0.383 e. The fourth-order valence-electron chi connectivity index (χ4n) is 4.08. The number of ether oxygens (including phenoxy) is 1. The van der Waals surface area contributed by atoms with Gasteiger partial charge in [0, 0.05) is 30.8 Å². The lowest BCUT2D eigenvalue weighted by atomic mass is 9.77. The Kier molecular flexibility index (Phi) is 4.76. The number of fused-ring (bicyclic) bond motifs is 3. The van der Waals surface area contributed by atoms with Crippen LogP contribution in [0, 0.1) is 5.92 Å². The largest absolute Gasteiger partial charge is 0.383 e. The summed E-state index contributed by atoms with van der Waals surface area (Å²) in [6.07, 6.45) is 5.72. The zero-order valence-electron chi connectivity index (χ0n) is 14.9. The summed E-state index contributed by atoms with van der Waals surface area (Å²) in [5.74, 6) is 0.928. The van der Waals surface area contributed by atoms with E-state index in [9.17, 15) is 4.79 Å². The third-order valence-electron chi connectivity index (χ3n) is 5.40. The number of allylic oxidation sites excluding steroid dienone is 2. The number of benzene rings is 2. The Labute approximate surface area is 154 Å². The minimum atomic E-state index is -0.0593. The minimum absolute atomic E-state index is 0.0593. The van der Waals surface area contributed by atoms with E-state index in [2.05, 4.69) is 59.2 Å². The van der Waals surface area contributed by atoms with Crippen molar-refractivity contribution in [2.45, 2.75) is 18.4 Å². The number of hydrogen-bond acceptors (Lipinski definition) is 3. The van der Waals surface area contributed by atoms with Gasteiger partial charge in [-0.15, -0.1) is 0 Å². The molecule has 3 atom stereocenters. The summed E-state index contributed by atoms with van der Waals surface area (Å²) < 4.78 is 4.97. The van der Waals surface area contributed by atoms with Crippen LogP contribution in [0.3, 0.4) is 0 Å². The standard InChI is InChI=1S/C22H24N2O2/c1-26-14-13-23-22(25)16-11-9-15(10-12-16)21-19-7-4-6-17(19)18-5-2-3-8-20(18)24-21/h2-6,8-12,17,19,21,24H,7,13-14H2,1H3,(H,23,25)/t17-,19-,21-/m1/s1. The zero-order chi connectivity index (χ0) is 17.9. The van der Waals surface area contributed by atoms with Crippen molar-refractivity contribution in [2.75, 3.05) is 25.6 Å². The Balaban J connectivity index is 1.54. The summed E-state index contributed by atoms with van der Waals surface area (Å²) in [7, 11) is 1.63. The van der Waals surface area contributed by atoms with Crippen LogP contribution in [0.4, 0.5) is 5.69 Å². The van der Waals surface area contributed by atoms with Crippen molar-refractivity contribution in [1.29, 1.82) is 0 Å². The maximum Gasteiger partial charge on any atom is 0.251 e. The lowest BCUT2D eigenvalue weighted by Gasteiger charge is -2.37. The maximum absolute atomic E-state index is 12.2. The van der Waals surface area contributed by atoms with Gasteiger partial charge in [0.25, 0.3) is 5.91 Å². The van der Waals surface area contributed by atoms with Crippen LogP contribution in [0.2, 0.25) is 0 Å². The SMILES string of the molecule is COCCNC(=O)c1ccc([C@H]2Nc3ccccc3[C@H]3C=CC[C@H]32)cc1. The van der Waals surface area contributed by atoms with Gasteiger partial charge < -0.3 is 15.4 Å². The first-order valence-corrected chi connectivity index (χ1v) is 9.17. The Morgan fingerprint density at radius 3 is 2.81 bits per heavy atom. The first kappa shape index (κ1) is 16.9. The van der Waals surface area contributed by atoms with Crippen LogP contribution < -0.4 is 10.6 Å². The molecular formula is C22H24N2O2. The molecule has 0 bridgehead atoms. The van der Waals surface area contributed by atoms with E-state index in [4.69, 9.17) is 4.74 Å². The van der Waals surface area contributed by atoms with E-state index in [1.54, 1.807) is 7.11 Å². The van der Waals surface area contributed by atoms with Gasteiger partial charge >= 0.3 is 0 Å². The van der Waals surface area contributed by atoms with Crippen molar-refractivity contribution in [3.8, 4) is 0 Å². The molecule has 0 fully saturated rings. The lowest BCUT2D eigenvalue weighted by molar-refractivity contribution is 0.0937. The molecule has 0 aromatic heterocycles. The van der Waals surface area contributed by atoms with Gasteiger partial charge in [0.2, 0.25) is 0 Å². The molecule has 0 spiro atoms. The molecule has 0 saturated carbocycles. The predicted octanol–water partition coefficient (Wildman–Crippen LogP) is 3.89. The highest BCUT2D eigenvalue weighted by Crippen LogP contribution is 2.49. The Morgan fingerprint density at radius 2 is 2.00 bits per heavy atom. The molecule has 2 N–H and O–H groups in total. The summed E-state index contributed by atoms with van der Waals surface area (Å²) in [5.41, 5.74) is 4.51. The molecule has 4 rings (SSSR count). The quantitative estimate of drug-likeness (QED) is 0.637. The smallest absolute Gasteiger partial charge is 0.251 e. The lowest BCUT2D eigenvalue weighted by Crippen LogP contribution is -2.29. The first-order valence-electron chi connectivity index (χ1n) is 9.17. The van der Waals surface area contributed by atoms with Crippen LogP contribution in [0.5, 0.6) is 0 Å². The monoisotopic (exact) mass is 348 g/mol. The zero-order valence-corrected chi connectivity index (χ0v) is 14.9. The third kappa shape index (κ3) is 3.13. The van der Waals surface area contributed by atoms with Crippen LogP contribution in [0.1, 0.15) is 39.9 Å². The molecular weight excluding hydrogens is 324 g/mol. The summed E-state index contributed by atoms with van der Waals surface area (Å²) >= 11 is 0. The number of amides is 1. The molecule has 2 aromatic carbocycles. The van der Waals surface area contributed by atoms with Crippen molar-refractivity contribution in [3.63, 3.8) is 0 Å². The van der Waals surface area contributed by atoms with E-state index in [0.717, 1.165) is 6.42 Å². The number of methoxy groups -OCH3 is 1. The van der Waals surface area contributed by atoms with E-state index in [1.807, 2.05) is 12.1 Å². The number of carbonyl (C=O) groups is 1. The van der Waals surface area contributed by atoms with Crippen molar-refractivity contribution in [1.82, 2.24) is 5.32 Å². The van der Waals surface area contributed by atoms with E-state index in [-0.39, 0.29) is 11.9 Å². The molecule has 4 heteroatoms. The molecule has 1 heterocycles. The molecule has 2 aliphatic rings. The number of para-hydroxylation sites is 1. The molecule has 26 heavy (non-hydrogen) atoms. The van der Waals surface area contributed by atoms with Gasteiger partial charge in [-0.2, -0.15) is 0 Å². The normalized spacial score (nSPS) is 23.0. The van der Waals surface area contributed by atoms with Gasteiger partial charge in [-0.05, 0) is 41.7 Å². The summed E-state index contributed by atoms with van der Waals surface area (Å²) in [5, 5.41) is 6.58. The molecule has 0 unspecified atom stereocenters. The first-order chi connectivity index (χ1) is 12.8. The van der Waals surface area contributed by atoms with Gasteiger partial charge in [0.05, 0.1) is 12.6 Å². The van der Waals surface area contributed by atoms with Gasteiger partial charge in [-0.1, -0.05) is 42.5 Å². The van der Waals surface area contributed by atoms with E-state index in [0.29, 0.717) is 30.6 Å². The van der Waals surface area contributed by atoms with Gasteiger partial charge in [-0.25, -0.2) is 0 Å². The molecule has 4 nitrogen and oxygen atoms in total. The maximum atomic E-state index is 12.2. The summed E-state index contributed by atoms with van der Waals surface area (Å²) in [6, 6.07) is 16.8. The summed E-state index contributed by atoms with van der Waals surface area (Å²) in [6.45, 7) is 1.04. The predicted molar refractivity (Wildman–Crippen MR) is 103 cm³/mol. The number of carbonyl (C=O) groups excluding carboxylic acids is 1. The number of rotatable bonds is 5. The Morgan fingerprint density at radius 1 is 1.19 bits per heavy atom. The Bertz CT molecular complexity index is 813. The molecule has 134 valence electrons. The Hall–Kier alpha value is -2.59. The van der Waals surface area contributed by atoms with Crippen LogP contribution >= 0.6 is 0 Å². The van der Waals surface area contributed by atoms with Crippen LogP contribution in [0.25, 0.3) is 0 Å². The third-order valence-corrected chi connectivity index (χ3v) is 5.40. The fraction of sp³-hybridized carbons (Fsp3) is 0.318. The highest BCUT2D eigenvalue weighted by atomic mass is 16.5. The van der Waals surface area contributed by atoms with Crippen LogP contribution in [-0.4, -0.2) is 26.2 Å². The average molecular weight is 348 g/mol. The topological polar surface area (TPSA) is 50.4 Å². The van der Waals surface area contributed by atoms with Crippen molar-refractivity contribution >= 4 is 11.6 Å². The molecule has 0 saturated heterocycles. The second kappa shape index (κ2) is 7.34. The van der Waals surface area contributed by atoms with Crippen molar-refractivity contribution in [3.05, 3.63) is 77.4 Å². The summed E-state index contributed by atoms with van der Waals surface area (Å²) in [4.78, 5) is 12.2. The molecule has 1 amide bonds. The molecule has 1 aliphatic heterocycles. The fourth-order valence-corrected chi connectivity index (χ4v) is 4.08.